The molecule has 2 nitrogen and oxygen atoms in total. The lowest BCUT2D eigenvalue weighted by molar-refractivity contribution is -0.120. The van der Waals surface area contributed by atoms with Crippen molar-refractivity contribution in [2.75, 3.05) is 0 Å². The zero-order valence-electron chi connectivity index (χ0n) is 11.4. The molecule has 2 aromatic rings. The number of rotatable bonds is 6. The van der Waals surface area contributed by atoms with Gasteiger partial charge >= 0.3 is 0 Å². The summed E-state index contributed by atoms with van der Waals surface area (Å²) in [7, 11) is 0. The quantitative estimate of drug-likeness (QED) is 0.731. The van der Waals surface area contributed by atoms with E-state index in [4.69, 9.17) is 0 Å². The van der Waals surface area contributed by atoms with Crippen LogP contribution < -0.4 is 0 Å². The smallest absolute Gasteiger partial charge is 0.239 e. The minimum atomic E-state index is 0.0758. The molecule has 0 atom stereocenters. The van der Waals surface area contributed by atoms with Crippen LogP contribution in [0.3, 0.4) is 0 Å². The molecule has 0 aliphatic rings. The number of amides is 1. The van der Waals surface area contributed by atoms with Crippen LogP contribution in [0.5, 0.6) is 0 Å². The average Bonchev–Trinajstić information content (AvgIpc) is 2.49. The molecule has 0 fully saturated rings. The summed E-state index contributed by atoms with van der Waals surface area (Å²) in [6, 6.07) is 20.4. The van der Waals surface area contributed by atoms with Crippen molar-refractivity contribution in [2.24, 2.45) is 0 Å². The van der Waals surface area contributed by atoms with Crippen molar-refractivity contribution >= 4 is 29.8 Å². The highest BCUT2D eigenvalue weighted by Crippen LogP contribution is 2.27. The van der Waals surface area contributed by atoms with Crippen LogP contribution in [-0.2, 0) is 16.3 Å². The average molecular weight is 303 g/mol. The molecule has 0 N–H and O–H groups in total. The molecule has 0 unspecified atom stereocenters. The fourth-order valence-electron chi connectivity index (χ4n) is 1.63. The summed E-state index contributed by atoms with van der Waals surface area (Å²) in [5.41, 5.74) is 2.45. The zero-order valence-corrected chi connectivity index (χ0v) is 13.0. The highest BCUT2D eigenvalue weighted by molar-refractivity contribution is 8.12. The van der Waals surface area contributed by atoms with E-state index in [-0.39, 0.29) is 5.91 Å². The van der Waals surface area contributed by atoms with E-state index in [0.717, 1.165) is 11.5 Å². The number of hydrogen-bond donors (Lipinski definition) is 0. The lowest BCUT2D eigenvalue weighted by Gasteiger charge is -2.18. The van der Waals surface area contributed by atoms with Crippen LogP contribution in [0.1, 0.15) is 18.1 Å². The Morgan fingerprint density at radius 3 is 1.60 bits per heavy atom. The molecule has 0 saturated carbocycles. The first kappa shape index (κ1) is 15.0. The van der Waals surface area contributed by atoms with Crippen molar-refractivity contribution in [1.82, 2.24) is 3.71 Å². The molecule has 0 spiro atoms. The van der Waals surface area contributed by atoms with Crippen LogP contribution in [0, 0.1) is 0 Å². The van der Waals surface area contributed by atoms with Gasteiger partial charge in [-0.3, -0.25) is 4.79 Å². The van der Waals surface area contributed by atoms with Gasteiger partial charge in [-0.05, 0) is 35.0 Å². The van der Waals surface area contributed by atoms with E-state index in [1.165, 1.54) is 11.1 Å². The van der Waals surface area contributed by atoms with Gasteiger partial charge in [-0.2, -0.15) is 0 Å². The maximum atomic E-state index is 11.7. The van der Waals surface area contributed by atoms with Crippen molar-refractivity contribution in [3.05, 3.63) is 71.8 Å². The normalized spacial score (nSPS) is 10.2. The number of nitrogens with zero attached hydrogens (tertiary/aromatic N) is 1. The fraction of sp³-hybridized carbons (Fsp3) is 0.188. The number of carbonyl (C=O) groups is 1. The van der Waals surface area contributed by atoms with Crippen LogP contribution in [0.25, 0.3) is 0 Å². The molecule has 0 aromatic heterocycles. The highest BCUT2D eigenvalue weighted by Gasteiger charge is 2.10. The first-order chi connectivity index (χ1) is 9.75. The monoisotopic (exact) mass is 303 g/mol. The first-order valence-corrected chi connectivity index (χ1v) is 8.28. The molecule has 2 rings (SSSR count). The molecule has 0 heterocycles. The van der Waals surface area contributed by atoms with E-state index in [2.05, 4.69) is 24.3 Å². The molecule has 0 aliphatic carbocycles. The van der Waals surface area contributed by atoms with E-state index >= 15 is 0 Å². The van der Waals surface area contributed by atoms with Crippen molar-refractivity contribution in [1.29, 1.82) is 0 Å². The molecule has 0 aliphatic heterocycles. The second kappa shape index (κ2) is 8.02. The molecule has 0 saturated heterocycles. The molecule has 1 amide bonds. The largest absolute Gasteiger partial charge is 0.273 e. The number of carbonyl (C=O) groups excluding carboxylic acids is 1. The predicted octanol–water partition coefficient (Wildman–Crippen LogP) is 4.53. The number of benzene rings is 2. The maximum absolute atomic E-state index is 11.7. The van der Waals surface area contributed by atoms with Crippen LogP contribution >= 0.6 is 23.9 Å². The third-order valence-electron chi connectivity index (χ3n) is 2.64. The molecule has 0 radical (unpaired) electrons. The van der Waals surface area contributed by atoms with Crippen molar-refractivity contribution in [3.63, 3.8) is 0 Å². The summed E-state index contributed by atoms with van der Waals surface area (Å²) in [6.45, 7) is 1.61. The summed E-state index contributed by atoms with van der Waals surface area (Å²) in [4.78, 5) is 11.7. The standard InChI is InChI=1S/C16H17NOS2/c1-14(18)17(19-12-15-8-4-2-5-9-15)20-13-16-10-6-3-7-11-16/h2-11H,12-13H2,1H3. The van der Waals surface area contributed by atoms with Crippen LogP contribution in [-0.4, -0.2) is 9.62 Å². The highest BCUT2D eigenvalue weighted by atomic mass is 32.2. The van der Waals surface area contributed by atoms with Gasteiger partial charge in [0.05, 0.1) is 0 Å². The fourth-order valence-corrected chi connectivity index (χ4v) is 3.53. The third kappa shape index (κ3) is 4.94. The summed E-state index contributed by atoms with van der Waals surface area (Å²) < 4.78 is 1.76. The van der Waals surface area contributed by atoms with Gasteiger partial charge in [0.1, 0.15) is 0 Å². The SMILES string of the molecule is CC(=O)N(SCc1ccccc1)SCc1ccccc1. The summed E-state index contributed by atoms with van der Waals surface area (Å²) >= 11 is 3.10. The van der Waals surface area contributed by atoms with Gasteiger partial charge in [0, 0.05) is 18.4 Å². The van der Waals surface area contributed by atoms with Gasteiger partial charge in [-0.25, -0.2) is 3.71 Å². The third-order valence-corrected chi connectivity index (χ3v) is 5.18. The van der Waals surface area contributed by atoms with Gasteiger partial charge < -0.3 is 0 Å². The van der Waals surface area contributed by atoms with Gasteiger partial charge in [0.25, 0.3) is 0 Å². The number of hydrogen-bond acceptors (Lipinski definition) is 3. The van der Waals surface area contributed by atoms with Gasteiger partial charge in [0.15, 0.2) is 0 Å². The van der Waals surface area contributed by atoms with Crippen LogP contribution in [0.2, 0.25) is 0 Å². The van der Waals surface area contributed by atoms with E-state index < -0.39 is 0 Å². The van der Waals surface area contributed by atoms with E-state index in [0.29, 0.717) is 0 Å². The Labute approximate surface area is 128 Å². The second-order valence-corrected chi connectivity index (χ2v) is 6.35. The lowest BCUT2D eigenvalue weighted by atomic mass is 10.2. The Hall–Kier alpha value is -1.39. The Morgan fingerprint density at radius 1 is 0.850 bits per heavy atom. The minimum Gasteiger partial charge on any atom is -0.273 e. The molecule has 20 heavy (non-hydrogen) atoms. The Balaban J connectivity index is 1.86. The van der Waals surface area contributed by atoms with Gasteiger partial charge in [-0.15, -0.1) is 0 Å². The van der Waals surface area contributed by atoms with E-state index in [1.807, 2.05) is 36.4 Å². The van der Waals surface area contributed by atoms with E-state index in [9.17, 15) is 4.79 Å². The molecule has 104 valence electrons. The van der Waals surface area contributed by atoms with Crippen molar-refractivity contribution in [2.45, 2.75) is 18.4 Å². The topological polar surface area (TPSA) is 20.3 Å². The summed E-state index contributed by atoms with van der Waals surface area (Å²) in [5.74, 6) is 1.69. The molecule has 0 bridgehead atoms. The van der Waals surface area contributed by atoms with Gasteiger partial charge in [0.2, 0.25) is 5.91 Å². The van der Waals surface area contributed by atoms with Crippen molar-refractivity contribution < 1.29 is 4.79 Å². The summed E-state index contributed by atoms with van der Waals surface area (Å²) in [5, 5.41) is 0. The molecule has 4 heteroatoms. The maximum Gasteiger partial charge on any atom is 0.239 e. The first-order valence-electron chi connectivity index (χ1n) is 6.40. The predicted molar refractivity (Wildman–Crippen MR) is 88.0 cm³/mol. The Bertz CT molecular complexity index is 487. The van der Waals surface area contributed by atoms with E-state index in [1.54, 1.807) is 34.5 Å². The van der Waals surface area contributed by atoms with Crippen LogP contribution in [0.4, 0.5) is 0 Å². The zero-order chi connectivity index (χ0) is 14.2. The Morgan fingerprint density at radius 2 is 1.25 bits per heavy atom. The lowest BCUT2D eigenvalue weighted by Crippen LogP contribution is -2.13. The van der Waals surface area contributed by atoms with Gasteiger partial charge in [-0.1, -0.05) is 60.7 Å². The van der Waals surface area contributed by atoms with Crippen molar-refractivity contribution in [3.8, 4) is 0 Å². The summed E-state index contributed by atoms with van der Waals surface area (Å²) in [6.07, 6.45) is 0. The second-order valence-electron chi connectivity index (χ2n) is 4.29. The molecular formula is C16H17NOS2. The minimum absolute atomic E-state index is 0.0758. The molecular weight excluding hydrogens is 286 g/mol. The molecule has 2 aromatic carbocycles. The Kier molecular flexibility index (Phi) is 6.02. The van der Waals surface area contributed by atoms with Crippen LogP contribution in [0.15, 0.2) is 60.7 Å².